The van der Waals surface area contributed by atoms with Gasteiger partial charge in [-0.05, 0) is 18.6 Å². The molecule has 1 aromatic heterocycles. The molecular weight excluding hydrogens is 188 g/mol. The van der Waals surface area contributed by atoms with E-state index in [9.17, 15) is 0 Å². The van der Waals surface area contributed by atoms with Crippen LogP contribution in [0.2, 0.25) is 0 Å². The predicted octanol–water partition coefficient (Wildman–Crippen LogP) is 2.67. The van der Waals surface area contributed by atoms with E-state index in [0.717, 1.165) is 17.7 Å². The van der Waals surface area contributed by atoms with Gasteiger partial charge in [-0.25, -0.2) is 0 Å². The Balaban J connectivity index is 2.11. The number of aryl methyl sites for hydroxylation is 1. The van der Waals surface area contributed by atoms with E-state index in [1.807, 2.05) is 6.07 Å². The lowest BCUT2D eigenvalue weighted by molar-refractivity contribution is 0.280. The summed E-state index contributed by atoms with van der Waals surface area (Å²) in [5, 5.41) is 8.89. The fourth-order valence-electron chi connectivity index (χ4n) is 1.51. The first-order chi connectivity index (χ1) is 7.28. The first-order valence-corrected chi connectivity index (χ1v) is 5.00. The van der Waals surface area contributed by atoms with E-state index in [4.69, 9.17) is 9.52 Å². The normalized spacial score (nSPS) is 10.5. The second kappa shape index (κ2) is 4.32. The standard InChI is InChI=1S/C13H14O2/c1-10-2-4-11(5-3-10)6-13-7-12(8-14)9-15-13/h2-5,7,9,14H,6,8H2,1H3. The second-order valence-electron chi connectivity index (χ2n) is 3.74. The van der Waals surface area contributed by atoms with Gasteiger partial charge in [0.15, 0.2) is 0 Å². The molecular formula is C13H14O2. The Kier molecular flexibility index (Phi) is 2.88. The summed E-state index contributed by atoms with van der Waals surface area (Å²) in [7, 11) is 0. The molecule has 2 rings (SSSR count). The van der Waals surface area contributed by atoms with Gasteiger partial charge in [0.2, 0.25) is 0 Å². The predicted molar refractivity (Wildman–Crippen MR) is 58.6 cm³/mol. The van der Waals surface area contributed by atoms with Crippen molar-refractivity contribution in [1.82, 2.24) is 0 Å². The zero-order valence-corrected chi connectivity index (χ0v) is 8.73. The highest BCUT2D eigenvalue weighted by Gasteiger charge is 2.02. The van der Waals surface area contributed by atoms with E-state index in [1.165, 1.54) is 11.1 Å². The Morgan fingerprint density at radius 2 is 1.87 bits per heavy atom. The van der Waals surface area contributed by atoms with Crippen LogP contribution in [0.25, 0.3) is 0 Å². The van der Waals surface area contributed by atoms with Crippen LogP contribution in [-0.2, 0) is 13.0 Å². The van der Waals surface area contributed by atoms with Gasteiger partial charge in [-0.2, -0.15) is 0 Å². The lowest BCUT2D eigenvalue weighted by atomic mass is 10.1. The third kappa shape index (κ3) is 2.48. The third-order valence-electron chi connectivity index (χ3n) is 2.39. The lowest BCUT2D eigenvalue weighted by Crippen LogP contribution is -1.85. The minimum atomic E-state index is 0.0391. The van der Waals surface area contributed by atoms with Gasteiger partial charge in [-0.1, -0.05) is 29.8 Å². The van der Waals surface area contributed by atoms with Crippen LogP contribution in [0.3, 0.4) is 0 Å². The van der Waals surface area contributed by atoms with Crippen molar-refractivity contribution >= 4 is 0 Å². The van der Waals surface area contributed by atoms with E-state index in [1.54, 1.807) is 6.26 Å². The molecule has 0 aliphatic heterocycles. The monoisotopic (exact) mass is 202 g/mol. The van der Waals surface area contributed by atoms with Crippen LogP contribution in [0.1, 0.15) is 22.5 Å². The van der Waals surface area contributed by atoms with Crippen molar-refractivity contribution in [2.24, 2.45) is 0 Å². The topological polar surface area (TPSA) is 33.4 Å². The minimum absolute atomic E-state index is 0.0391. The van der Waals surface area contributed by atoms with Crippen molar-refractivity contribution in [2.45, 2.75) is 20.0 Å². The molecule has 1 aromatic carbocycles. The molecule has 0 saturated carbocycles. The number of hydrogen-bond donors (Lipinski definition) is 1. The molecule has 0 saturated heterocycles. The maximum Gasteiger partial charge on any atom is 0.108 e. The summed E-state index contributed by atoms with van der Waals surface area (Å²) in [5.41, 5.74) is 3.31. The van der Waals surface area contributed by atoms with Gasteiger partial charge in [0.05, 0.1) is 12.9 Å². The van der Waals surface area contributed by atoms with Crippen LogP contribution in [0.15, 0.2) is 41.0 Å². The minimum Gasteiger partial charge on any atom is -0.469 e. The molecule has 0 atom stereocenters. The fourth-order valence-corrected chi connectivity index (χ4v) is 1.51. The Morgan fingerprint density at radius 3 is 2.47 bits per heavy atom. The van der Waals surface area contributed by atoms with E-state index < -0.39 is 0 Å². The number of aliphatic hydroxyl groups is 1. The quantitative estimate of drug-likeness (QED) is 0.830. The zero-order chi connectivity index (χ0) is 10.7. The molecule has 0 spiro atoms. The lowest BCUT2D eigenvalue weighted by Gasteiger charge is -1.98. The average Bonchev–Trinajstić information content (AvgIpc) is 2.69. The summed E-state index contributed by atoms with van der Waals surface area (Å²) in [6.45, 7) is 2.11. The molecule has 0 radical (unpaired) electrons. The van der Waals surface area contributed by atoms with E-state index >= 15 is 0 Å². The first kappa shape index (κ1) is 9.99. The molecule has 2 heteroatoms. The summed E-state index contributed by atoms with van der Waals surface area (Å²) < 4.78 is 5.33. The number of furan rings is 1. The third-order valence-corrected chi connectivity index (χ3v) is 2.39. The molecule has 78 valence electrons. The average molecular weight is 202 g/mol. The number of rotatable bonds is 3. The van der Waals surface area contributed by atoms with E-state index in [2.05, 4.69) is 31.2 Å². The van der Waals surface area contributed by atoms with Crippen molar-refractivity contribution in [1.29, 1.82) is 0 Å². The van der Waals surface area contributed by atoms with Crippen LogP contribution < -0.4 is 0 Å². The van der Waals surface area contributed by atoms with Crippen LogP contribution in [0.5, 0.6) is 0 Å². The van der Waals surface area contributed by atoms with Gasteiger partial charge in [-0.15, -0.1) is 0 Å². The Morgan fingerprint density at radius 1 is 1.13 bits per heavy atom. The van der Waals surface area contributed by atoms with Gasteiger partial charge >= 0.3 is 0 Å². The molecule has 0 unspecified atom stereocenters. The van der Waals surface area contributed by atoms with E-state index in [0.29, 0.717) is 0 Å². The number of aliphatic hydroxyl groups excluding tert-OH is 1. The highest BCUT2D eigenvalue weighted by Crippen LogP contribution is 2.13. The Labute approximate surface area is 89.2 Å². The van der Waals surface area contributed by atoms with Gasteiger partial charge in [-0.3, -0.25) is 0 Å². The number of hydrogen-bond acceptors (Lipinski definition) is 2. The SMILES string of the molecule is Cc1ccc(Cc2cc(CO)co2)cc1. The highest BCUT2D eigenvalue weighted by atomic mass is 16.3. The van der Waals surface area contributed by atoms with Gasteiger partial charge in [0, 0.05) is 12.0 Å². The van der Waals surface area contributed by atoms with Gasteiger partial charge < -0.3 is 9.52 Å². The van der Waals surface area contributed by atoms with E-state index in [-0.39, 0.29) is 6.61 Å². The Hall–Kier alpha value is -1.54. The molecule has 0 amide bonds. The van der Waals surface area contributed by atoms with Crippen molar-refractivity contribution < 1.29 is 9.52 Å². The molecule has 1 N–H and O–H groups in total. The molecule has 0 fully saturated rings. The maximum atomic E-state index is 8.89. The molecule has 2 aromatic rings. The van der Waals surface area contributed by atoms with Gasteiger partial charge in [0.25, 0.3) is 0 Å². The van der Waals surface area contributed by atoms with Crippen LogP contribution in [0, 0.1) is 6.92 Å². The van der Waals surface area contributed by atoms with Crippen molar-refractivity contribution in [3.05, 3.63) is 59.0 Å². The first-order valence-electron chi connectivity index (χ1n) is 5.00. The molecule has 0 aliphatic rings. The summed E-state index contributed by atoms with van der Waals surface area (Å²) >= 11 is 0. The molecule has 15 heavy (non-hydrogen) atoms. The molecule has 1 heterocycles. The molecule has 2 nitrogen and oxygen atoms in total. The zero-order valence-electron chi connectivity index (χ0n) is 8.73. The van der Waals surface area contributed by atoms with Crippen LogP contribution in [-0.4, -0.2) is 5.11 Å². The summed E-state index contributed by atoms with van der Waals surface area (Å²) in [4.78, 5) is 0. The van der Waals surface area contributed by atoms with Crippen molar-refractivity contribution in [3.8, 4) is 0 Å². The van der Waals surface area contributed by atoms with Crippen molar-refractivity contribution in [3.63, 3.8) is 0 Å². The number of benzene rings is 1. The summed E-state index contributed by atoms with van der Waals surface area (Å²) in [6, 6.07) is 10.3. The molecule has 0 aliphatic carbocycles. The highest BCUT2D eigenvalue weighted by molar-refractivity contribution is 5.25. The second-order valence-corrected chi connectivity index (χ2v) is 3.74. The summed E-state index contributed by atoms with van der Waals surface area (Å²) in [6.07, 6.45) is 2.38. The Bertz CT molecular complexity index is 426. The van der Waals surface area contributed by atoms with Crippen molar-refractivity contribution in [2.75, 3.05) is 0 Å². The van der Waals surface area contributed by atoms with Crippen LogP contribution >= 0.6 is 0 Å². The fraction of sp³-hybridized carbons (Fsp3) is 0.231. The maximum absolute atomic E-state index is 8.89. The summed E-state index contributed by atoms with van der Waals surface area (Å²) in [5.74, 6) is 0.892. The largest absolute Gasteiger partial charge is 0.469 e. The van der Waals surface area contributed by atoms with Gasteiger partial charge in [0.1, 0.15) is 5.76 Å². The molecule has 0 bridgehead atoms. The smallest absolute Gasteiger partial charge is 0.108 e. The van der Waals surface area contributed by atoms with Crippen LogP contribution in [0.4, 0.5) is 0 Å².